The van der Waals surface area contributed by atoms with Crippen LogP contribution in [-0.2, 0) is 4.79 Å². The lowest BCUT2D eigenvalue weighted by molar-refractivity contribution is -0.126. The average molecular weight is 329 g/mol. The molecule has 1 aliphatic rings. The number of anilines is 1. The van der Waals surface area contributed by atoms with Gasteiger partial charge >= 0.3 is 0 Å². The Bertz CT molecular complexity index is 860. The maximum absolute atomic E-state index is 13.0. The van der Waals surface area contributed by atoms with E-state index in [1.54, 1.807) is 7.11 Å². The lowest BCUT2D eigenvalue weighted by Gasteiger charge is -2.47. The lowest BCUT2D eigenvalue weighted by atomic mass is 9.77. The first-order valence-electron chi connectivity index (χ1n) is 8.36. The van der Waals surface area contributed by atoms with Crippen LogP contribution >= 0.6 is 0 Å². The number of β-lactam (4-membered cyclic amide) rings is 1. The fourth-order valence-corrected chi connectivity index (χ4v) is 3.49. The van der Waals surface area contributed by atoms with Crippen LogP contribution in [0.1, 0.15) is 23.1 Å². The molecule has 0 N–H and O–H groups in total. The smallest absolute Gasteiger partial charge is 0.237 e. The minimum atomic E-state index is -0.173. The molecule has 0 bridgehead atoms. The Hall–Kier alpha value is -3.07. The van der Waals surface area contributed by atoms with Gasteiger partial charge in [0.1, 0.15) is 5.75 Å². The summed E-state index contributed by atoms with van der Waals surface area (Å²) >= 11 is 0. The highest BCUT2D eigenvalue weighted by atomic mass is 16.5. The number of methoxy groups -OCH3 is 1. The van der Waals surface area contributed by atoms with E-state index >= 15 is 0 Å². The molecule has 3 aromatic rings. The molecular formula is C22H19NO2. The summed E-state index contributed by atoms with van der Waals surface area (Å²) in [6, 6.07) is 27.9. The van der Waals surface area contributed by atoms with Crippen LogP contribution in [0.15, 0.2) is 84.9 Å². The lowest BCUT2D eigenvalue weighted by Crippen LogP contribution is -2.53. The van der Waals surface area contributed by atoms with Crippen molar-refractivity contribution in [2.24, 2.45) is 0 Å². The molecule has 0 aromatic heterocycles. The monoisotopic (exact) mass is 329 g/mol. The van der Waals surface area contributed by atoms with Crippen molar-refractivity contribution in [3.05, 3.63) is 96.1 Å². The molecule has 0 radical (unpaired) electrons. The number of nitrogens with zero attached hydrogens (tertiary/aromatic N) is 1. The third kappa shape index (κ3) is 2.68. The third-order valence-electron chi connectivity index (χ3n) is 4.75. The first kappa shape index (κ1) is 15.5. The van der Waals surface area contributed by atoms with Crippen LogP contribution in [0, 0.1) is 0 Å². The van der Waals surface area contributed by atoms with Gasteiger partial charge in [-0.1, -0.05) is 60.7 Å². The molecule has 124 valence electrons. The number of carbonyl (C=O) groups is 1. The van der Waals surface area contributed by atoms with Crippen molar-refractivity contribution < 1.29 is 9.53 Å². The SMILES string of the molecule is COc1ccc(C2C(=O)N(c3ccccc3)C2c2ccccc2)cc1. The van der Waals surface area contributed by atoms with Gasteiger partial charge in [0, 0.05) is 5.69 Å². The number of carbonyl (C=O) groups excluding carboxylic acids is 1. The fraction of sp³-hybridized carbons (Fsp3) is 0.136. The quantitative estimate of drug-likeness (QED) is 0.656. The van der Waals surface area contributed by atoms with Gasteiger partial charge in [-0.2, -0.15) is 0 Å². The number of benzene rings is 3. The van der Waals surface area contributed by atoms with Crippen molar-refractivity contribution in [2.45, 2.75) is 12.0 Å². The van der Waals surface area contributed by atoms with E-state index in [1.807, 2.05) is 77.7 Å². The standard InChI is InChI=1S/C22H19NO2/c1-25-19-14-12-16(13-15-19)20-21(17-8-4-2-5-9-17)23(22(20)24)18-10-6-3-7-11-18/h2-15,20-21H,1H3. The van der Waals surface area contributed by atoms with Gasteiger partial charge in [-0.15, -0.1) is 0 Å². The minimum Gasteiger partial charge on any atom is -0.497 e. The average Bonchev–Trinajstić information content (AvgIpc) is 2.68. The molecule has 0 aliphatic carbocycles. The summed E-state index contributed by atoms with van der Waals surface area (Å²) in [4.78, 5) is 14.9. The molecule has 1 saturated heterocycles. The van der Waals surface area contributed by atoms with Gasteiger partial charge in [0.2, 0.25) is 5.91 Å². The Labute approximate surface area is 147 Å². The molecule has 2 unspecified atom stereocenters. The number of rotatable bonds is 4. The number of ether oxygens (including phenoxy) is 1. The highest BCUT2D eigenvalue weighted by molar-refractivity contribution is 6.06. The molecule has 0 spiro atoms. The third-order valence-corrected chi connectivity index (χ3v) is 4.75. The molecule has 1 aliphatic heterocycles. The van der Waals surface area contributed by atoms with E-state index in [0.717, 1.165) is 22.6 Å². The van der Waals surface area contributed by atoms with E-state index in [9.17, 15) is 4.79 Å². The number of hydrogen-bond acceptors (Lipinski definition) is 2. The van der Waals surface area contributed by atoms with Crippen LogP contribution in [0.5, 0.6) is 5.75 Å². The number of hydrogen-bond donors (Lipinski definition) is 0. The van der Waals surface area contributed by atoms with Gasteiger partial charge in [0.25, 0.3) is 0 Å². The molecule has 2 atom stereocenters. The van der Waals surface area contributed by atoms with Crippen molar-refractivity contribution in [2.75, 3.05) is 12.0 Å². The van der Waals surface area contributed by atoms with E-state index in [-0.39, 0.29) is 17.9 Å². The highest BCUT2D eigenvalue weighted by Gasteiger charge is 2.49. The minimum absolute atomic E-state index is 0.00416. The molecule has 25 heavy (non-hydrogen) atoms. The molecular weight excluding hydrogens is 310 g/mol. The van der Waals surface area contributed by atoms with Crippen molar-refractivity contribution >= 4 is 11.6 Å². The van der Waals surface area contributed by atoms with E-state index in [0.29, 0.717) is 0 Å². The summed E-state index contributed by atoms with van der Waals surface area (Å²) in [7, 11) is 1.65. The van der Waals surface area contributed by atoms with Crippen LogP contribution in [0.25, 0.3) is 0 Å². The molecule has 4 rings (SSSR count). The van der Waals surface area contributed by atoms with Crippen molar-refractivity contribution in [3.63, 3.8) is 0 Å². The van der Waals surface area contributed by atoms with E-state index < -0.39 is 0 Å². The second kappa shape index (κ2) is 6.44. The van der Waals surface area contributed by atoms with Gasteiger partial charge in [-0.25, -0.2) is 0 Å². The molecule has 1 fully saturated rings. The fourth-order valence-electron chi connectivity index (χ4n) is 3.49. The number of para-hydroxylation sites is 1. The van der Waals surface area contributed by atoms with Gasteiger partial charge < -0.3 is 9.64 Å². The molecule has 3 nitrogen and oxygen atoms in total. The van der Waals surface area contributed by atoms with E-state index in [1.165, 1.54) is 0 Å². The summed E-state index contributed by atoms with van der Waals surface area (Å²) in [6.07, 6.45) is 0. The molecule has 3 aromatic carbocycles. The normalized spacial score (nSPS) is 19.4. The largest absolute Gasteiger partial charge is 0.497 e. The van der Waals surface area contributed by atoms with Crippen molar-refractivity contribution in [1.82, 2.24) is 0 Å². The Morgan fingerprint density at radius 2 is 1.36 bits per heavy atom. The van der Waals surface area contributed by atoms with Gasteiger partial charge in [-0.05, 0) is 35.4 Å². The molecule has 1 heterocycles. The second-order valence-electron chi connectivity index (χ2n) is 6.15. The predicted octanol–water partition coefficient (Wildman–Crippen LogP) is 4.57. The zero-order valence-corrected chi connectivity index (χ0v) is 14.0. The van der Waals surface area contributed by atoms with Crippen LogP contribution in [0.3, 0.4) is 0 Å². The summed E-state index contributed by atoms with van der Waals surface area (Å²) in [5, 5.41) is 0. The van der Waals surface area contributed by atoms with E-state index in [4.69, 9.17) is 4.74 Å². The molecule has 1 amide bonds. The first-order valence-corrected chi connectivity index (χ1v) is 8.36. The number of amides is 1. The first-order chi connectivity index (χ1) is 12.3. The zero-order valence-electron chi connectivity index (χ0n) is 14.0. The van der Waals surface area contributed by atoms with Crippen LogP contribution in [0.4, 0.5) is 5.69 Å². The zero-order chi connectivity index (χ0) is 17.2. The van der Waals surface area contributed by atoms with Crippen LogP contribution in [0.2, 0.25) is 0 Å². The van der Waals surface area contributed by atoms with Gasteiger partial charge in [0.05, 0.1) is 19.1 Å². The van der Waals surface area contributed by atoms with Gasteiger partial charge in [0.15, 0.2) is 0 Å². The van der Waals surface area contributed by atoms with Crippen molar-refractivity contribution in [3.8, 4) is 5.75 Å². The Morgan fingerprint density at radius 1 is 0.760 bits per heavy atom. The molecule has 3 heteroatoms. The maximum Gasteiger partial charge on any atom is 0.237 e. The van der Waals surface area contributed by atoms with Gasteiger partial charge in [-0.3, -0.25) is 4.79 Å². The summed E-state index contributed by atoms with van der Waals surface area (Å²) in [5.74, 6) is 0.755. The van der Waals surface area contributed by atoms with E-state index in [2.05, 4.69) is 12.1 Å². The second-order valence-corrected chi connectivity index (χ2v) is 6.15. The van der Waals surface area contributed by atoms with Crippen LogP contribution in [-0.4, -0.2) is 13.0 Å². The summed E-state index contributed by atoms with van der Waals surface area (Å²) in [6.45, 7) is 0. The Morgan fingerprint density at radius 3 is 1.96 bits per heavy atom. The highest BCUT2D eigenvalue weighted by Crippen LogP contribution is 2.48. The topological polar surface area (TPSA) is 29.5 Å². The van der Waals surface area contributed by atoms with Crippen molar-refractivity contribution in [1.29, 1.82) is 0 Å². The summed E-state index contributed by atoms with van der Waals surface area (Å²) < 4.78 is 5.23. The predicted molar refractivity (Wildman–Crippen MR) is 98.8 cm³/mol. The maximum atomic E-state index is 13.0. The Kier molecular flexibility index (Phi) is 3.98. The van der Waals surface area contributed by atoms with Crippen LogP contribution < -0.4 is 9.64 Å². The summed E-state index contributed by atoms with van der Waals surface area (Å²) in [5.41, 5.74) is 3.10. The Balaban J connectivity index is 1.74. The molecule has 0 saturated carbocycles.